The number of thiazole rings is 1. The lowest BCUT2D eigenvalue weighted by Gasteiger charge is -2.06. The third-order valence-corrected chi connectivity index (χ3v) is 3.84. The highest BCUT2D eigenvalue weighted by molar-refractivity contribution is 7.12. The van der Waals surface area contributed by atoms with Gasteiger partial charge in [-0.3, -0.25) is 4.79 Å². The Morgan fingerprint density at radius 1 is 1.14 bits per heavy atom. The molecule has 22 heavy (non-hydrogen) atoms. The SMILES string of the molecule is Cc1ncsc1C(=O)Nc1ccc(Oc2ccccc2)nc1. The number of benzene rings is 1. The number of nitrogens with one attached hydrogen (secondary N) is 1. The van der Waals surface area contributed by atoms with Crippen molar-refractivity contribution in [3.63, 3.8) is 0 Å². The van der Waals surface area contributed by atoms with Gasteiger partial charge in [0.25, 0.3) is 5.91 Å². The number of amides is 1. The zero-order valence-corrected chi connectivity index (χ0v) is 12.6. The average molecular weight is 311 g/mol. The number of anilines is 1. The topological polar surface area (TPSA) is 64.1 Å². The molecule has 0 saturated carbocycles. The Hall–Kier alpha value is -2.73. The lowest BCUT2D eigenvalue weighted by atomic mass is 10.3. The zero-order valence-electron chi connectivity index (χ0n) is 11.8. The molecule has 0 atom stereocenters. The quantitative estimate of drug-likeness (QED) is 0.794. The predicted octanol–water partition coefficient (Wildman–Crippen LogP) is 3.89. The lowest BCUT2D eigenvalue weighted by molar-refractivity contribution is 0.102. The van der Waals surface area contributed by atoms with Crippen LogP contribution < -0.4 is 10.1 Å². The van der Waals surface area contributed by atoms with E-state index in [2.05, 4.69) is 15.3 Å². The molecule has 1 amide bonds. The Labute approximate surface area is 131 Å². The number of ether oxygens (including phenoxy) is 1. The van der Waals surface area contributed by atoms with Gasteiger partial charge in [-0.25, -0.2) is 9.97 Å². The Balaban J connectivity index is 1.67. The van der Waals surface area contributed by atoms with Crippen LogP contribution in [0.1, 0.15) is 15.4 Å². The Bertz CT molecular complexity index is 770. The van der Waals surface area contributed by atoms with Gasteiger partial charge < -0.3 is 10.1 Å². The fourth-order valence-corrected chi connectivity index (χ4v) is 2.53. The number of aromatic nitrogens is 2. The Morgan fingerprint density at radius 2 is 1.95 bits per heavy atom. The normalized spacial score (nSPS) is 10.2. The first-order valence-corrected chi connectivity index (χ1v) is 7.51. The maximum Gasteiger partial charge on any atom is 0.267 e. The lowest BCUT2D eigenvalue weighted by Crippen LogP contribution is -2.11. The predicted molar refractivity (Wildman–Crippen MR) is 85.6 cm³/mol. The molecule has 1 aromatic carbocycles. The molecule has 0 fully saturated rings. The molecule has 110 valence electrons. The maximum absolute atomic E-state index is 12.1. The molecule has 0 aliphatic rings. The minimum absolute atomic E-state index is 0.182. The summed E-state index contributed by atoms with van der Waals surface area (Å²) < 4.78 is 5.60. The van der Waals surface area contributed by atoms with E-state index in [0.29, 0.717) is 22.2 Å². The van der Waals surface area contributed by atoms with E-state index in [4.69, 9.17) is 4.74 Å². The van der Waals surface area contributed by atoms with Crippen LogP contribution >= 0.6 is 11.3 Å². The molecular formula is C16H13N3O2S. The minimum atomic E-state index is -0.182. The number of hydrogen-bond acceptors (Lipinski definition) is 5. The fourth-order valence-electron chi connectivity index (χ4n) is 1.83. The Kier molecular flexibility index (Phi) is 4.11. The standard InChI is InChI=1S/C16H13N3O2S/c1-11-15(22-10-18-11)16(20)19-12-7-8-14(17-9-12)21-13-5-3-2-4-6-13/h2-10H,1H3,(H,19,20). The summed E-state index contributed by atoms with van der Waals surface area (Å²) in [6.45, 7) is 1.81. The first kappa shape index (κ1) is 14.2. The number of rotatable bonds is 4. The van der Waals surface area contributed by atoms with Gasteiger partial charge in [-0.05, 0) is 25.1 Å². The maximum atomic E-state index is 12.1. The van der Waals surface area contributed by atoms with Gasteiger partial charge in [0.15, 0.2) is 0 Å². The zero-order chi connectivity index (χ0) is 15.4. The van der Waals surface area contributed by atoms with Crippen molar-refractivity contribution in [3.05, 3.63) is 64.7 Å². The van der Waals surface area contributed by atoms with Gasteiger partial charge in [0.05, 0.1) is 23.1 Å². The smallest absolute Gasteiger partial charge is 0.267 e. The third kappa shape index (κ3) is 3.29. The van der Waals surface area contributed by atoms with Crippen LogP contribution in [-0.4, -0.2) is 15.9 Å². The van der Waals surface area contributed by atoms with Crippen LogP contribution in [0.4, 0.5) is 5.69 Å². The summed E-state index contributed by atoms with van der Waals surface area (Å²) in [6.07, 6.45) is 1.56. The number of nitrogens with zero attached hydrogens (tertiary/aromatic N) is 2. The number of para-hydroxylation sites is 1. The Morgan fingerprint density at radius 3 is 2.59 bits per heavy atom. The van der Waals surface area contributed by atoms with Crippen molar-refractivity contribution in [2.24, 2.45) is 0 Å². The van der Waals surface area contributed by atoms with Gasteiger partial charge in [0, 0.05) is 6.07 Å². The van der Waals surface area contributed by atoms with Crippen molar-refractivity contribution in [1.29, 1.82) is 0 Å². The molecule has 3 rings (SSSR count). The molecule has 2 aromatic heterocycles. The average Bonchev–Trinajstić information content (AvgIpc) is 2.96. The van der Waals surface area contributed by atoms with E-state index in [1.807, 2.05) is 30.3 Å². The van der Waals surface area contributed by atoms with E-state index in [-0.39, 0.29) is 5.91 Å². The molecule has 3 aromatic rings. The van der Waals surface area contributed by atoms with Crippen molar-refractivity contribution in [2.75, 3.05) is 5.32 Å². The minimum Gasteiger partial charge on any atom is -0.439 e. The third-order valence-electron chi connectivity index (χ3n) is 2.91. The van der Waals surface area contributed by atoms with E-state index in [1.54, 1.807) is 30.8 Å². The molecule has 0 saturated heterocycles. The number of pyridine rings is 1. The van der Waals surface area contributed by atoms with Crippen molar-refractivity contribution >= 4 is 22.9 Å². The summed E-state index contributed by atoms with van der Waals surface area (Å²) in [6, 6.07) is 12.9. The van der Waals surface area contributed by atoms with Crippen LogP contribution in [-0.2, 0) is 0 Å². The highest BCUT2D eigenvalue weighted by Crippen LogP contribution is 2.20. The summed E-state index contributed by atoms with van der Waals surface area (Å²) >= 11 is 1.31. The van der Waals surface area contributed by atoms with E-state index in [9.17, 15) is 4.79 Å². The fraction of sp³-hybridized carbons (Fsp3) is 0.0625. The van der Waals surface area contributed by atoms with E-state index >= 15 is 0 Å². The number of carbonyl (C=O) groups is 1. The van der Waals surface area contributed by atoms with E-state index in [0.717, 1.165) is 5.69 Å². The molecule has 0 unspecified atom stereocenters. The van der Waals surface area contributed by atoms with Crippen molar-refractivity contribution in [3.8, 4) is 11.6 Å². The first-order chi connectivity index (χ1) is 10.7. The molecule has 0 radical (unpaired) electrons. The highest BCUT2D eigenvalue weighted by atomic mass is 32.1. The van der Waals surface area contributed by atoms with Crippen LogP contribution in [0.2, 0.25) is 0 Å². The second-order valence-electron chi connectivity index (χ2n) is 4.52. The monoisotopic (exact) mass is 311 g/mol. The van der Waals surface area contributed by atoms with Crippen LogP contribution in [0.3, 0.4) is 0 Å². The molecule has 0 aliphatic carbocycles. The van der Waals surface area contributed by atoms with E-state index < -0.39 is 0 Å². The summed E-state index contributed by atoms with van der Waals surface area (Å²) in [7, 11) is 0. The summed E-state index contributed by atoms with van der Waals surface area (Å²) in [4.78, 5) is 20.9. The summed E-state index contributed by atoms with van der Waals surface area (Å²) in [5, 5.41) is 2.79. The van der Waals surface area contributed by atoms with Gasteiger partial charge >= 0.3 is 0 Å². The summed E-state index contributed by atoms with van der Waals surface area (Å²) in [5.41, 5.74) is 2.98. The van der Waals surface area contributed by atoms with E-state index in [1.165, 1.54) is 11.3 Å². The molecule has 2 heterocycles. The molecule has 0 spiro atoms. The van der Waals surface area contributed by atoms with Crippen LogP contribution in [0, 0.1) is 6.92 Å². The number of carbonyl (C=O) groups excluding carboxylic acids is 1. The van der Waals surface area contributed by atoms with Gasteiger partial charge in [0.1, 0.15) is 10.6 Å². The molecule has 6 heteroatoms. The molecule has 5 nitrogen and oxygen atoms in total. The van der Waals surface area contributed by atoms with Crippen molar-refractivity contribution in [1.82, 2.24) is 9.97 Å². The van der Waals surface area contributed by atoms with Crippen LogP contribution in [0.25, 0.3) is 0 Å². The first-order valence-electron chi connectivity index (χ1n) is 6.63. The largest absolute Gasteiger partial charge is 0.439 e. The second-order valence-corrected chi connectivity index (χ2v) is 5.38. The second kappa shape index (κ2) is 6.36. The van der Waals surface area contributed by atoms with Gasteiger partial charge in [-0.15, -0.1) is 11.3 Å². The highest BCUT2D eigenvalue weighted by Gasteiger charge is 2.12. The molecule has 1 N–H and O–H groups in total. The molecular weight excluding hydrogens is 298 g/mol. The van der Waals surface area contributed by atoms with Gasteiger partial charge in [0.2, 0.25) is 5.88 Å². The molecule has 0 aliphatic heterocycles. The van der Waals surface area contributed by atoms with Crippen molar-refractivity contribution in [2.45, 2.75) is 6.92 Å². The number of hydrogen-bond donors (Lipinski definition) is 1. The summed E-state index contributed by atoms with van der Waals surface area (Å²) in [5.74, 6) is 1.00. The number of aryl methyl sites for hydroxylation is 1. The van der Waals surface area contributed by atoms with Crippen LogP contribution in [0.15, 0.2) is 54.2 Å². The van der Waals surface area contributed by atoms with Crippen molar-refractivity contribution < 1.29 is 9.53 Å². The molecule has 0 bridgehead atoms. The van der Waals surface area contributed by atoms with Gasteiger partial charge in [-0.1, -0.05) is 18.2 Å². The van der Waals surface area contributed by atoms with Crippen LogP contribution in [0.5, 0.6) is 11.6 Å². The van der Waals surface area contributed by atoms with Gasteiger partial charge in [-0.2, -0.15) is 0 Å².